The number of carboxylic acid groups (broad SMARTS) is 1. The largest absolute Gasteiger partial charge is 0.481 e. The monoisotopic (exact) mass is 378 g/mol. The molecule has 28 heavy (non-hydrogen) atoms. The van der Waals surface area contributed by atoms with E-state index in [0.29, 0.717) is 18.7 Å². The fraction of sp³-hybridized carbons (Fsp3) is 0.273. The van der Waals surface area contributed by atoms with Crippen LogP contribution in [0.3, 0.4) is 0 Å². The normalized spacial score (nSPS) is 15.5. The topological polar surface area (TPSA) is 94.6 Å². The fourth-order valence-corrected chi connectivity index (χ4v) is 4.12. The van der Waals surface area contributed by atoms with Gasteiger partial charge in [-0.2, -0.15) is 0 Å². The van der Waals surface area contributed by atoms with Crippen molar-refractivity contribution >= 4 is 22.8 Å². The summed E-state index contributed by atoms with van der Waals surface area (Å²) in [6.45, 7) is 2.29. The summed E-state index contributed by atoms with van der Waals surface area (Å²) in [5.41, 5.74) is 10.9. The number of carboxylic acids is 1. The Labute approximate surface area is 162 Å². The Bertz CT molecular complexity index is 1070. The lowest BCUT2D eigenvalue weighted by Gasteiger charge is -2.12. The number of fused-ring (bicyclic) bond motifs is 3. The first-order valence-corrected chi connectivity index (χ1v) is 9.29. The van der Waals surface area contributed by atoms with Crippen molar-refractivity contribution in [2.75, 3.05) is 6.61 Å². The van der Waals surface area contributed by atoms with Gasteiger partial charge < -0.3 is 20.1 Å². The van der Waals surface area contributed by atoms with Gasteiger partial charge in [-0.15, -0.1) is 0 Å². The first-order valence-electron chi connectivity index (χ1n) is 9.29. The van der Waals surface area contributed by atoms with Crippen LogP contribution in [0.25, 0.3) is 10.9 Å². The van der Waals surface area contributed by atoms with E-state index in [4.69, 9.17) is 15.6 Å². The lowest BCUT2D eigenvalue weighted by atomic mass is 9.99. The van der Waals surface area contributed by atoms with E-state index in [0.717, 1.165) is 34.1 Å². The van der Waals surface area contributed by atoms with Crippen molar-refractivity contribution in [2.24, 2.45) is 5.73 Å². The molecule has 1 aliphatic rings. The second-order valence-corrected chi connectivity index (χ2v) is 7.26. The number of hydrogen-bond acceptors (Lipinski definition) is 3. The molecule has 1 atom stereocenters. The summed E-state index contributed by atoms with van der Waals surface area (Å²) in [7, 11) is 0. The SMILES string of the molecule is Cc1ccc(Cn2c3c(c4c(OCC(=O)O)cccc42)C(C(N)=O)CC3)cc1. The summed E-state index contributed by atoms with van der Waals surface area (Å²) in [5, 5.41) is 9.80. The van der Waals surface area contributed by atoms with Crippen LogP contribution in [0, 0.1) is 6.92 Å². The summed E-state index contributed by atoms with van der Waals surface area (Å²) in [5.74, 6) is -1.31. The number of benzene rings is 2. The van der Waals surface area contributed by atoms with Crippen molar-refractivity contribution in [1.29, 1.82) is 0 Å². The van der Waals surface area contributed by atoms with Gasteiger partial charge in [-0.25, -0.2) is 4.79 Å². The van der Waals surface area contributed by atoms with Crippen LogP contribution in [-0.4, -0.2) is 28.2 Å². The Kier molecular flexibility index (Phi) is 4.55. The third-order valence-electron chi connectivity index (χ3n) is 5.38. The van der Waals surface area contributed by atoms with E-state index in [2.05, 4.69) is 35.8 Å². The maximum atomic E-state index is 12.1. The Morgan fingerprint density at radius 1 is 1.21 bits per heavy atom. The van der Waals surface area contributed by atoms with E-state index in [1.54, 1.807) is 6.07 Å². The average Bonchev–Trinajstić information content (AvgIpc) is 3.21. The number of primary amides is 1. The van der Waals surface area contributed by atoms with Crippen molar-refractivity contribution in [3.8, 4) is 5.75 Å². The average molecular weight is 378 g/mol. The smallest absolute Gasteiger partial charge is 0.341 e. The van der Waals surface area contributed by atoms with E-state index in [1.807, 2.05) is 12.1 Å². The van der Waals surface area contributed by atoms with Gasteiger partial charge in [0.15, 0.2) is 6.61 Å². The Hall–Kier alpha value is -3.28. The van der Waals surface area contributed by atoms with E-state index in [-0.39, 0.29) is 11.8 Å². The highest BCUT2D eigenvalue weighted by Gasteiger charge is 2.34. The third-order valence-corrected chi connectivity index (χ3v) is 5.38. The maximum Gasteiger partial charge on any atom is 0.341 e. The highest BCUT2D eigenvalue weighted by atomic mass is 16.5. The number of amides is 1. The number of nitrogens with zero attached hydrogens (tertiary/aromatic N) is 1. The van der Waals surface area contributed by atoms with Crippen LogP contribution in [0.5, 0.6) is 5.75 Å². The highest BCUT2D eigenvalue weighted by Crippen LogP contribution is 2.44. The van der Waals surface area contributed by atoms with Crippen LogP contribution < -0.4 is 10.5 Å². The van der Waals surface area contributed by atoms with Crippen molar-refractivity contribution < 1.29 is 19.4 Å². The lowest BCUT2D eigenvalue weighted by molar-refractivity contribution is -0.139. The first kappa shape index (κ1) is 18.1. The molecule has 2 aromatic carbocycles. The van der Waals surface area contributed by atoms with Gasteiger partial charge in [0, 0.05) is 17.6 Å². The molecule has 3 N–H and O–H groups in total. The maximum absolute atomic E-state index is 12.1. The van der Waals surface area contributed by atoms with E-state index in [1.165, 1.54) is 5.56 Å². The number of carbonyl (C=O) groups is 2. The molecule has 0 bridgehead atoms. The number of aliphatic carboxylic acids is 1. The summed E-state index contributed by atoms with van der Waals surface area (Å²) < 4.78 is 7.75. The van der Waals surface area contributed by atoms with Crippen molar-refractivity contribution in [2.45, 2.75) is 32.2 Å². The molecule has 0 fully saturated rings. The molecule has 0 radical (unpaired) electrons. The summed E-state index contributed by atoms with van der Waals surface area (Å²) >= 11 is 0. The second kappa shape index (κ2) is 7.03. The molecule has 0 saturated heterocycles. The number of hydrogen-bond donors (Lipinski definition) is 2. The first-order chi connectivity index (χ1) is 13.5. The van der Waals surface area contributed by atoms with Crippen LogP contribution in [0.1, 0.15) is 34.7 Å². The van der Waals surface area contributed by atoms with Crippen molar-refractivity contribution in [3.63, 3.8) is 0 Å². The van der Waals surface area contributed by atoms with Crippen LogP contribution in [0.15, 0.2) is 42.5 Å². The molecule has 1 aromatic heterocycles. The van der Waals surface area contributed by atoms with Gasteiger partial charge in [0.25, 0.3) is 0 Å². The zero-order valence-corrected chi connectivity index (χ0v) is 15.6. The minimum atomic E-state index is -1.04. The van der Waals surface area contributed by atoms with Gasteiger partial charge in [-0.1, -0.05) is 35.9 Å². The van der Waals surface area contributed by atoms with Crippen molar-refractivity contribution in [1.82, 2.24) is 4.57 Å². The molecule has 4 rings (SSSR count). The van der Waals surface area contributed by atoms with E-state index in [9.17, 15) is 9.59 Å². The summed E-state index contributed by atoms with van der Waals surface area (Å²) in [4.78, 5) is 23.1. The van der Waals surface area contributed by atoms with Gasteiger partial charge in [-0.3, -0.25) is 4.79 Å². The fourth-order valence-electron chi connectivity index (χ4n) is 4.12. The van der Waals surface area contributed by atoms with Gasteiger partial charge >= 0.3 is 5.97 Å². The zero-order valence-electron chi connectivity index (χ0n) is 15.6. The number of nitrogens with two attached hydrogens (primary N) is 1. The number of carbonyl (C=O) groups excluding carboxylic acids is 1. The number of aromatic nitrogens is 1. The molecular formula is C22H22N2O4. The predicted octanol–water partition coefficient (Wildman–Crippen LogP) is 2.98. The molecule has 6 heteroatoms. The quantitative estimate of drug-likeness (QED) is 0.689. The summed E-state index contributed by atoms with van der Waals surface area (Å²) in [6, 6.07) is 13.9. The standard InChI is InChI=1S/C22H22N2O4/c1-13-5-7-14(8-6-13)11-24-16-3-2-4-18(28-12-19(25)26)21(16)20-15(22(23)27)9-10-17(20)24/h2-8,15H,9-12H2,1H3,(H2,23,27)(H,25,26). The third kappa shape index (κ3) is 3.11. The molecule has 0 saturated carbocycles. The number of rotatable bonds is 6. The van der Waals surface area contributed by atoms with Crippen LogP contribution in [0.2, 0.25) is 0 Å². The molecule has 0 spiro atoms. The van der Waals surface area contributed by atoms with Gasteiger partial charge in [-0.05, 0) is 43.0 Å². The van der Waals surface area contributed by atoms with Crippen LogP contribution in [-0.2, 0) is 22.6 Å². The van der Waals surface area contributed by atoms with E-state index >= 15 is 0 Å². The highest BCUT2D eigenvalue weighted by molar-refractivity contribution is 5.97. The molecular weight excluding hydrogens is 356 g/mol. The summed E-state index contributed by atoms with van der Waals surface area (Å²) in [6.07, 6.45) is 1.42. The number of ether oxygens (including phenoxy) is 1. The molecule has 1 aliphatic carbocycles. The predicted molar refractivity (Wildman–Crippen MR) is 106 cm³/mol. The van der Waals surface area contributed by atoms with Crippen LogP contribution >= 0.6 is 0 Å². The van der Waals surface area contributed by atoms with Gasteiger partial charge in [0.05, 0.1) is 11.4 Å². The molecule has 1 unspecified atom stereocenters. The Morgan fingerprint density at radius 2 is 1.96 bits per heavy atom. The van der Waals surface area contributed by atoms with Gasteiger partial charge in [0.1, 0.15) is 5.75 Å². The Morgan fingerprint density at radius 3 is 2.64 bits per heavy atom. The molecule has 0 aliphatic heterocycles. The minimum absolute atomic E-state index is 0.360. The Balaban J connectivity index is 1.88. The number of aryl methyl sites for hydroxylation is 1. The van der Waals surface area contributed by atoms with Crippen molar-refractivity contribution in [3.05, 3.63) is 64.8 Å². The molecule has 3 aromatic rings. The molecule has 1 amide bonds. The minimum Gasteiger partial charge on any atom is -0.481 e. The molecule has 144 valence electrons. The lowest BCUT2D eigenvalue weighted by Crippen LogP contribution is -2.19. The van der Waals surface area contributed by atoms with E-state index < -0.39 is 12.6 Å². The van der Waals surface area contributed by atoms with Crippen LogP contribution in [0.4, 0.5) is 0 Å². The van der Waals surface area contributed by atoms with Gasteiger partial charge in [0.2, 0.25) is 5.91 Å². The molecule has 1 heterocycles. The second-order valence-electron chi connectivity index (χ2n) is 7.26. The molecule has 6 nitrogen and oxygen atoms in total. The zero-order chi connectivity index (χ0) is 19.8.